The summed E-state index contributed by atoms with van der Waals surface area (Å²) in [5.41, 5.74) is 6.12. The van der Waals surface area contributed by atoms with Crippen molar-refractivity contribution in [1.29, 1.82) is 0 Å². The Morgan fingerprint density at radius 2 is 2.50 bits per heavy atom. The minimum Gasteiger partial charge on any atom is -0.322 e. The highest BCUT2D eigenvalue weighted by atomic mass is 19.1. The maximum absolute atomic E-state index is 11.9. The summed E-state index contributed by atoms with van der Waals surface area (Å²) in [5.74, 6) is 0. The highest BCUT2D eigenvalue weighted by molar-refractivity contribution is 5.12. The van der Waals surface area contributed by atoms with Crippen molar-refractivity contribution in [3.8, 4) is 0 Å². The number of pyridine rings is 1. The average Bonchev–Trinajstić information content (AvgIpc) is 2.05. The summed E-state index contributed by atoms with van der Waals surface area (Å²) in [6.45, 7) is -0.536. The molecule has 0 aliphatic rings. The fraction of sp³-hybridized carbons (Fsp3) is 0.286. The van der Waals surface area contributed by atoms with Gasteiger partial charge in [-0.1, -0.05) is 6.07 Å². The summed E-state index contributed by atoms with van der Waals surface area (Å²) >= 11 is 0. The summed E-state index contributed by atoms with van der Waals surface area (Å²) in [5, 5.41) is 0. The van der Waals surface area contributed by atoms with Crippen LogP contribution >= 0.6 is 0 Å². The second kappa shape index (κ2) is 3.27. The van der Waals surface area contributed by atoms with Crippen LogP contribution in [0.4, 0.5) is 4.39 Å². The van der Waals surface area contributed by atoms with Crippen molar-refractivity contribution in [2.24, 2.45) is 5.73 Å². The van der Waals surface area contributed by atoms with Gasteiger partial charge in [0.05, 0.1) is 6.04 Å². The fourth-order valence-corrected chi connectivity index (χ4v) is 0.684. The molecular formula is C7H9FN2. The van der Waals surface area contributed by atoms with Gasteiger partial charge in [-0.25, -0.2) is 4.39 Å². The molecule has 1 aromatic heterocycles. The molecule has 2 N–H and O–H groups in total. The van der Waals surface area contributed by atoms with Crippen molar-refractivity contribution >= 4 is 0 Å². The minimum atomic E-state index is -0.536. The quantitative estimate of drug-likeness (QED) is 0.666. The van der Waals surface area contributed by atoms with Crippen LogP contribution in [0.15, 0.2) is 24.5 Å². The highest BCUT2D eigenvalue weighted by Gasteiger charge is 2.02. The topological polar surface area (TPSA) is 38.9 Å². The van der Waals surface area contributed by atoms with Crippen LogP contribution in [0.5, 0.6) is 0 Å². The first-order valence-corrected chi connectivity index (χ1v) is 3.06. The molecule has 0 amide bonds. The molecule has 1 atom stereocenters. The van der Waals surface area contributed by atoms with Gasteiger partial charge in [0.2, 0.25) is 0 Å². The molecule has 0 fully saturated rings. The lowest BCUT2D eigenvalue weighted by Gasteiger charge is -2.04. The molecule has 2 nitrogen and oxygen atoms in total. The van der Waals surface area contributed by atoms with Gasteiger partial charge in [-0.05, 0) is 11.6 Å². The first-order valence-electron chi connectivity index (χ1n) is 3.06. The normalized spacial score (nSPS) is 13.0. The Kier molecular flexibility index (Phi) is 2.34. The predicted molar refractivity (Wildman–Crippen MR) is 37.1 cm³/mol. The molecule has 0 saturated heterocycles. The Bertz CT molecular complexity index is 188. The lowest BCUT2D eigenvalue weighted by Crippen LogP contribution is -2.11. The van der Waals surface area contributed by atoms with Gasteiger partial charge in [-0.2, -0.15) is 0 Å². The first kappa shape index (κ1) is 7.15. The van der Waals surface area contributed by atoms with E-state index in [-0.39, 0.29) is 0 Å². The smallest absolute Gasteiger partial charge is 0.109 e. The van der Waals surface area contributed by atoms with Gasteiger partial charge in [0.15, 0.2) is 0 Å². The summed E-state index contributed by atoms with van der Waals surface area (Å²) in [6, 6.07) is 2.98. The number of alkyl halides is 1. The number of rotatable bonds is 2. The summed E-state index contributed by atoms with van der Waals surface area (Å²) in [4.78, 5) is 3.81. The van der Waals surface area contributed by atoms with Crippen molar-refractivity contribution in [3.05, 3.63) is 30.1 Å². The van der Waals surface area contributed by atoms with E-state index >= 15 is 0 Å². The Morgan fingerprint density at radius 3 is 3.00 bits per heavy atom. The second-order valence-electron chi connectivity index (χ2n) is 2.05. The van der Waals surface area contributed by atoms with Crippen molar-refractivity contribution in [2.75, 3.05) is 6.67 Å². The molecule has 0 saturated carbocycles. The van der Waals surface area contributed by atoms with Gasteiger partial charge < -0.3 is 5.73 Å². The van der Waals surface area contributed by atoms with Gasteiger partial charge >= 0.3 is 0 Å². The summed E-state index contributed by atoms with van der Waals surface area (Å²) in [7, 11) is 0. The Hall–Kier alpha value is -0.960. The molecule has 0 radical (unpaired) electrons. The molecule has 1 rings (SSSR count). The Labute approximate surface area is 58.9 Å². The van der Waals surface area contributed by atoms with Crippen molar-refractivity contribution in [3.63, 3.8) is 0 Å². The molecule has 0 aliphatic heterocycles. The summed E-state index contributed by atoms with van der Waals surface area (Å²) in [6.07, 6.45) is 3.21. The van der Waals surface area contributed by atoms with E-state index in [0.717, 1.165) is 5.56 Å². The van der Waals surface area contributed by atoms with Crippen LogP contribution < -0.4 is 5.73 Å². The number of aromatic nitrogens is 1. The SMILES string of the molecule is NC(CF)c1cccnc1. The van der Waals surface area contributed by atoms with Gasteiger partial charge in [0.1, 0.15) is 6.67 Å². The zero-order valence-corrected chi connectivity index (χ0v) is 5.50. The minimum absolute atomic E-state index is 0.520. The van der Waals surface area contributed by atoms with E-state index in [0.29, 0.717) is 0 Å². The summed E-state index contributed by atoms with van der Waals surface area (Å²) < 4.78 is 11.9. The molecule has 3 heteroatoms. The fourth-order valence-electron chi connectivity index (χ4n) is 0.684. The molecule has 0 aromatic carbocycles. The lowest BCUT2D eigenvalue weighted by atomic mass is 10.1. The molecule has 0 aliphatic carbocycles. The maximum atomic E-state index is 11.9. The second-order valence-corrected chi connectivity index (χ2v) is 2.05. The van der Waals surface area contributed by atoms with Crippen molar-refractivity contribution < 1.29 is 4.39 Å². The number of nitrogens with zero attached hydrogens (tertiary/aromatic N) is 1. The number of hydrogen-bond acceptors (Lipinski definition) is 2. The van der Waals surface area contributed by atoms with Crippen LogP contribution in [0.3, 0.4) is 0 Å². The molecule has 0 spiro atoms. The zero-order valence-electron chi connectivity index (χ0n) is 5.50. The van der Waals surface area contributed by atoms with Gasteiger partial charge in [-0.3, -0.25) is 4.98 Å². The van der Waals surface area contributed by atoms with Crippen LogP contribution in [-0.4, -0.2) is 11.7 Å². The standard InChI is InChI=1S/C7H9FN2/c8-4-7(9)6-2-1-3-10-5-6/h1-3,5,7H,4,9H2. The van der Waals surface area contributed by atoms with E-state index in [9.17, 15) is 4.39 Å². The largest absolute Gasteiger partial charge is 0.322 e. The third-order valence-corrected chi connectivity index (χ3v) is 1.28. The Morgan fingerprint density at radius 1 is 1.70 bits per heavy atom. The van der Waals surface area contributed by atoms with E-state index < -0.39 is 12.7 Å². The molecular weight excluding hydrogens is 131 g/mol. The van der Waals surface area contributed by atoms with Crippen LogP contribution in [0.25, 0.3) is 0 Å². The Balaban J connectivity index is 2.75. The predicted octanol–water partition coefficient (Wildman–Crippen LogP) is 1.05. The zero-order chi connectivity index (χ0) is 7.40. The molecule has 0 bridgehead atoms. The molecule has 1 aromatic rings. The van der Waals surface area contributed by atoms with E-state index in [1.54, 1.807) is 24.5 Å². The number of hydrogen-bond donors (Lipinski definition) is 1. The van der Waals surface area contributed by atoms with Crippen molar-refractivity contribution in [1.82, 2.24) is 4.98 Å². The molecule has 54 valence electrons. The van der Waals surface area contributed by atoms with Crippen LogP contribution in [-0.2, 0) is 0 Å². The van der Waals surface area contributed by atoms with Crippen LogP contribution in [0, 0.1) is 0 Å². The highest BCUT2D eigenvalue weighted by Crippen LogP contribution is 2.06. The van der Waals surface area contributed by atoms with Gasteiger partial charge in [-0.15, -0.1) is 0 Å². The van der Waals surface area contributed by atoms with E-state index in [1.165, 1.54) is 0 Å². The first-order chi connectivity index (χ1) is 4.84. The van der Waals surface area contributed by atoms with Crippen LogP contribution in [0.1, 0.15) is 11.6 Å². The van der Waals surface area contributed by atoms with E-state index in [2.05, 4.69) is 4.98 Å². The van der Waals surface area contributed by atoms with Gasteiger partial charge in [0.25, 0.3) is 0 Å². The number of nitrogens with two attached hydrogens (primary N) is 1. The molecule has 1 unspecified atom stereocenters. The molecule has 10 heavy (non-hydrogen) atoms. The van der Waals surface area contributed by atoms with E-state index in [4.69, 9.17) is 5.73 Å². The third-order valence-electron chi connectivity index (χ3n) is 1.28. The monoisotopic (exact) mass is 140 g/mol. The number of halogens is 1. The van der Waals surface area contributed by atoms with E-state index in [1.807, 2.05) is 0 Å². The van der Waals surface area contributed by atoms with Crippen molar-refractivity contribution in [2.45, 2.75) is 6.04 Å². The van der Waals surface area contributed by atoms with Gasteiger partial charge in [0, 0.05) is 12.4 Å². The van der Waals surface area contributed by atoms with Crippen LogP contribution in [0.2, 0.25) is 0 Å². The maximum Gasteiger partial charge on any atom is 0.109 e. The average molecular weight is 140 g/mol. The lowest BCUT2D eigenvalue weighted by molar-refractivity contribution is 0.436. The third kappa shape index (κ3) is 1.51. The molecule has 1 heterocycles.